The standard InChI is InChI=1S/C20H27F3N10O2/c1-3-32(34)5-4-25-19-28-14-16(31-6-8-35-9-7-31)29-15(13-10-26-18(24-2)27-11-13)30-17(14)33(19)12-20(21,22)23/h10-11,32H,3-9,12H2,1-2H3,(H,25,28)(H,24,26,27). The van der Waals surface area contributed by atoms with Gasteiger partial charge in [0.15, 0.2) is 22.8 Å². The van der Waals surface area contributed by atoms with Crippen molar-refractivity contribution >= 4 is 28.9 Å². The van der Waals surface area contributed by atoms with E-state index in [1.807, 2.05) is 4.90 Å². The van der Waals surface area contributed by atoms with E-state index in [-0.39, 0.29) is 41.1 Å². The van der Waals surface area contributed by atoms with Gasteiger partial charge in [-0.2, -0.15) is 13.2 Å². The topological polar surface area (TPSA) is 133 Å². The number of fused-ring (bicyclic) bond motifs is 1. The molecule has 12 nitrogen and oxygen atoms in total. The van der Waals surface area contributed by atoms with Gasteiger partial charge in [0.05, 0.1) is 38.4 Å². The van der Waals surface area contributed by atoms with Gasteiger partial charge in [-0.25, -0.2) is 24.9 Å². The van der Waals surface area contributed by atoms with E-state index in [9.17, 15) is 18.4 Å². The second-order valence-corrected chi connectivity index (χ2v) is 7.89. The summed E-state index contributed by atoms with van der Waals surface area (Å²) in [6.45, 7) is 3.02. The molecule has 3 aromatic rings. The number of morpholine rings is 1. The van der Waals surface area contributed by atoms with Crippen molar-refractivity contribution in [2.75, 3.05) is 68.5 Å². The fourth-order valence-corrected chi connectivity index (χ4v) is 3.64. The average molecular weight is 496 g/mol. The van der Waals surface area contributed by atoms with E-state index in [1.165, 1.54) is 12.4 Å². The fourth-order valence-electron chi connectivity index (χ4n) is 3.64. The molecular formula is C20H27F3N10O2. The fraction of sp³-hybridized carbons (Fsp3) is 0.550. The predicted molar refractivity (Wildman–Crippen MR) is 123 cm³/mol. The van der Waals surface area contributed by atoms with E-state index < -0.39 is 12.7 Å². The monoisotopic (exact) mass is 496 g/mol. The first-order valence-electron chi connectivity index (χ1n) is 11.2. The van der Waals surface area contributed by atoms with Crippen molar-refractivity contribution in [3.8, 4) is 11.4 Å². The summed E-state index contributed by atoms with van der Waals surface area (Å²) in [5, 5.41) is 17.4. The summed E-state index contributed by atoms with van der Waals surface area (Å²) in [5.74, 6) is 0.944. The molecule has 1 aliphatic heterocycles. The molecule has 4 rings (SSSR count). The minimum Gasteiger partial charge on any atom is -0.634 e. The van der Waals surface area contributed by atoms with E-state index in [0.29, 0.717) is 50.2 Å². The maximum atomic E-state index is 13.6. The lowest BCUT2D eigenvalue weighted by Gasteiger charge is -2.28. The van der Waals surface area contributed by atoms with Crippen LogP contribution in [0.2, 0.25) is 0 Å². The summed E-state index contributed by atoms with van der Waals surface area (Å²) < 4.78 is 47.1. The number of likely N-dealkylation sites (N-methyl/N-ethyl adjacent to an activating group) is 1. The quantitative estimate of drug-likeness (QED) is 0.361. The summed E-state index contributed by atoms with van der Waals surface area (Å²) in [6.07, 6.45) is -1.52. The molecular weight excluding hydrogens is 469 g/mol. The molecule has 1 aliphatic rings. The third-order valence-corrected chi connectivity index (χ3v) is 5.44. The highest BCUT2D eigenvalue weighted by molar-refractivity contribution is 5.88. The first kappa shape index (κ1) is 24.8. The van der Waals surface area contributed by atoms with E-state index >= 15 is 0 Å². The first-order valence-corrected chi connectivity index (χ1v) is 11.2. The van der Waals surface area contributed by atoms with Crippen LogP contribution in [0.25, 0.3) is 22.6 Å². The number of halogens is 3. The van der Waals surface area contributed by atoms with Crippen LogP contribution in [0.15, 0.2) is 12.4 Å². The number of hydrogen-bond donors (Lipinski definition) is 3. The van der Waals surface area contributed by atoms with Crippen LogP contribution in [-0.4, -0.2) is 88.6 Å². The lowest BCUT2D eigenvalue weighted by molar-refractivity contribution is -0.844. The third-order valence-electron chi connectivity index (χ3n) is 5.44. The molecule has 1 unspecified atom stereocenters. The Morgan fingerprint density at radius 1 is 1.14 bits per heavy atom. The van der Waals surface area contributed by atoms with Crippen molar-refractivity contribution in [2.24, 2.45) is 0 Å². The van der Waals surface area contributed by atoms with Crippen molar-refractivity contribution < 1.29 is 23.0 Å². The van der Waals surface area contributed by atoms with Gasteiger partial charge in [-0.3, -0.25) is 4.57 Å². The molecule has 0 amide bonds. The number of alkyl halides is 3. The predicted octanol–water partition coefficient (Wildman–Crippen LogP) is 0.538. The molecule has 190 valence electrons. The number of hydroxylamine groups is 2. The van der Waals surface area contributed by atoms with Crippen LogP contribution in [0, 0.1) is 5.21 Å². The Bertz CT molecular complexity index is 1130. The highest BCUT2D eigenvalue weighted by Crippen LogP contribution is 2.32. The highest BCUT2D eigenvalue weighted by Gasteiger charge is 2.32. The molecule has 0 spiro atoms. The Hall–Kier alpha value is -3.30. The normalized spacial score (nSPS) is 15.4. The molecule has 15 heteroatoms. The van der Waals surface area contributed by atoms with Crippen LogP contribution in [0.3, 0.4) is 0 Å². The maximum absolute atomic E-state index is 13.6. The number of nitrogens with one attached hydrogen (secondary N) is 3. The van der Waals surface area contributed by atoms with Gasteiger partial charge >= 0.3 is 6.18 Å². The van der Waals surface area contributed by atoms with E-state index in [0.717, 1.165) is 4.57 Å². The summed E-state index contributed by atoms with van der Waals surface area (Å²) in [7, 11) is 1.67. The summed E-state index contributed by atoms with van der Waals surface area (Å²) in [4.78, 5) is 23.8. The summed E-state index contributed by atoms with van der Waals surface area (Å²) >= 11 is 0. The number of quaternary nitrogens is 1. The molecule has 0 aliphatic carbocycles. The van der Waals surface area contributed by atoms with Crippen LogP contribution >= 0.6 is 0 Å². The molecule has 0 saturated carbocycles. The van der Waals surface area contributed by atoms with E-state index in [1.54, 1.807) is 14.0 Å². The van der Waals surface area contributed by atoms with Gasteiger partial charge in [0.1, 0.15) is 6.54 Å². The molecule has 1 atom stereocenters. The largest absolute Gasteiger partial charge is 0.634 e. The minimum absolute atomic E-state index is 0.00270. The molecule has 1 fully saturated rings. The Morgan fingerprint density at radius 3 is 2.49 bits per heavy atom. The molecule has 0 aromatic carbocycles. The number of rotatable bonds is 9. The van der Waals surface area contributed by atoms with Crippen molar-refractivity contribution in [3.05, 3.63) is 17.6 Å². The number of ether oxygens (including phenoxy) is 1. The third kappa shape index (κ3) is 5.86. The van der Waals surface area contributed by atoms with Gasteiger partial charge in [-0.05, 0) is 6.92 Å². The number of anilines is 3. The molecule has 35 heavy (non-hydrogen) atoms. The van der Waals surface area contributed by atoms with Gasteiger partial charge < -0.3 is 30.5 Å². The lowest BCUT2D eigenvalue weighted by atomic mass is 10.3. The van der Waals surface area contributed by atoms with Crippen LogP contribution in [0.1, 0.15) is 6.92 Å². The summed E-state index contributed by atoms with van der Waals surface area (Å²) in [5.41, 5.74) is 0.705. The van der Waals surface area contributed by atoms with Crippen LogP contribution < -0.4 is 20.6 Å². The van der Waals surface area contributed by atoms with Gasteiger partial charge in [0, 0.05) is 32.5 Å². The van der Waals surface area contributed by atoms with Crippen molar-refractivity contribution in [1.82, 2.24) is 29.5 Å². The number of nitrogens with zero attached hydrogens (tertiary/aromatic N) is 7. The zero-order valence-electron chi connectivity index (χ0n) is 19.4. The molecule has 0 radical (unpaired) electrons. The van der Waals surface area contributed by atoms with Gasteiger partial charge in [0.25, 0.3) is 0 Å². The molecule has 3 N–H and O–H groups in total. The minimum atomic E-state index is -4.52. The second-order valence-electron chi connectivity index (χ2n) is 7.89. The lowest BCUT2D eigenvalue weighted by Crippen LogP contribution is -3.07. The smallest absolute Gasteiger partial charge is 0.406 e. The molecule has 4 heterocycles. The van der Waals surface area contributed by atoms with Gasteiger partial charge in [-0.1, -0.05) is 0 Å². The Labute approximate surface area is 199 Å². The van der Waals surface area contributed by atoms with Crippen LogP contribution in [0.4, 0.5) is 30.9 Å². The first-order chi connectivity index (χ1) is 16.8. The highest BCUT2D eigenvalue weighted by atomic mass is 19.4. The van der Waals surface area contributed by atoms with Crippen molar-refractivity contribution in [3.63, 3.8) is 0 Å². The number of aromatic nitrogens is 6. The number of imidazole rings is 1. The van der Waals surface area contributed by atoms with Crippen molar-refractivity contribution in [1.29, 1.82) is 0 Å². The van der Waals surface area contributed by atoms with E-state index in [2.05, 4.69) is 35.6 Å². The van der Waals surface area contributed by atoms with Gasteiger partial charge in [0.2, 0.25) is 11.9 Å². The van der Waals surface area contributed by atoms with Crippen molar-refractivity contribution in [2.45, 2.75) is 19.6 Å². The molecule has 0 bridgehead atoms. The zero-order chi connectivity index (χ0) is 25.0. The average Bonchev–Trinajstić information content (AvgIpc) is 3.19. The Kier molecular flexibility index (Phi) is 7.47. The molecule has 3 aromatic heterocycles. The second kappa shape index (κ2) is 10.5. The SMILES string of the molecule is CC[NH+]([O-])CCNc1nc2c(N3CCOCC3)nc(-c3cnc(NC)nc3)nc2n1CC(F)(F)F. The Morgan fingerprint density at radius 2 is 1.86 bits per heavy atom. The zero-order valence-corrected chi connectivity index (χ0v) is 19.4. The van der Waals surface area contributed by atoms with Crippen LogP contribution in [0.5, 0.6) is 0 Å². The van der Waals surface area contributed by atoms with Crippen LogP contribution in [-0.2, 0) is 11.3 Å². The maximum Gasteiger partial charge on any atom is 0.406 e. The number of hydrogen-bond acceptors (Lipinski definition) is 10. The summed E-state index contributed by atoms with van der Waals surface area (Å²) in [6, 6.07) is 0. The van der Waals surface area contributed by atoms with Gasteiger partial charge in [-0.15, -0.1) is 0 Å². The Balaban J connectivity index is 1.84. The van der Waals surface area contributed by atoms with E-state index in [4.69, 9.17) is 4.74 Å². The molecule has 1 saturated heterocycles.